The Morgan fingerprint density at radius 1 is 1.19 bits per heavy atom. The molecule has 10 heteroatoms. The molecule has 1 aromatic carbocycles. The van der Waals surface area contributed by atoms with Crippen molar-refractivity contribution in [1.82, 2.24) is 10.6 Å². The van der Waals surface area contributed by atoms with E-state index >= 15 is 0 Å². The SMILES string of the molecule is CCOC(=O)c1ccc(NC(=O)C2=C(C)NC(SCC(=O)NC(C)(C)C)=C(C#N)[C@@H]2c2ccco2)cc1. The lowest BCUT2D eigenvalue weighted by atomic mass is 9.85. The number of furan rings is 1. The largest absolute Gasteiger partial charge is 0.468 e. The second-order valence-corrected chi connectivity index (χ2v) is 10.3. The molecule has 0 unspecified atom stereocenters. The molecule has 0 spiro atoms. The van der Waals surface area contributed by atoms with Gasteiger partial charge in [0.25, 0.3) is 5.91 Å². The number of nitrogens with zero attached hydrogens (tertiary/aromatic N) is 1. The molecular formula is C27H30N4O5S. The Balaban J connectivity index is 1.87. The van der Waals surface area contributed by atoms with E-state index in [0.29, 0.717) is 33.3 Å². The highest BCUT2D eigenvalue weighted by molar-refractivity contribution is 8.03. The number of hydrogen-bond acceptors (Lipinski definition) is 8. The molecule has 0 radical (unpaired) electrons. The Bertz CT molecular complexity index is 1270. The molecule has 2 heterocycles. The number of nitriles is 1. The van der Waals surface area contributed by atoms with Crippen molar-refractivity contribution in [1.29, 1.82) is 5.26 Å². The number of ether oxygens (including phenoxy) is 1. The van der Waals surface area contributed by atoms with Crippen LogP contribution in [0.3, 0.4) is 0 Å². The second-order valence-electron chi connectivity index (χ2n) is 9.31. The average molecular weight is 523 g/mol. The molecule has 1 aliphatic heterocycles. The summed E-state index contributed by atoms with van der Waals surface area (Å²) in [6.07, 6.45) is 1.48. The van der Waals surface area contributed by atoms with Crippen LogP contribution in [0.5, 0.6) is 0 Å². The van der Waals surface area contributed by atoms with E-state index in [9.17, 15) is 19.6 Å². The minimum atomic E-state index is -0.770. The maximum absolute atomic E-state index is 13.5. The van der Waals surface area contributed by atoms with Gasteiger partial charge in [0.1, 0.15) is 5.76 Å². The zero-order chi connectivity index (χ0) is 27.2. The van der Waals surface area contributed by atoms with Gasteiger partial charge in [-0.1, -0.05) is 11.8 Å². The molecule has 0 aliphatic carbocycles. The van der Waals surface area contributed by atoms with Crippen LogP contribution in [-0.2, 0) is 14.3 Å². The number of nitrogens with one attached hydrogen (secondary N) is 3. The highest BCUT2D eigenvalue weighted by atomic mass is 32.2. The molecule has 9 nitrogen and oxygen atoms in total. The first kappa shape index (κ1) is 27.6. The lowest BCUT2D eigenvalue weighted by molar-refractivity contribution is -0.120. The fourth-order valence-corrected chi connectivity index (χ4v) is 4.65. The van der Waals surface area contributed by atoms with Crippen molar-refractivity contribution >= 4 is 35.2 Å². The molecule has 0 bridgehead atoms. The fourth-order valence-electron chi connectivity index (χ4n) is 3.76. The zero-order valence-electron chi connectivity index (χ0n) is 21.4. The monoisotopic (exact) mass is 522 g/mol. The van der Waals surface area contributed by atoms with Crippen LogP contribution in [0.1, 0.15) is 56.7 Å². The number of benzene rings is 1. The van der Waals surface area contributed by atoms with Crippen LogP contribution in [0.25, 0.3) is 0 Å². The summed E-state index contributed by atoms with van der Waals surface area (Å²) in [5, 5.41) is 19.4. The van der Waals surface area contributed by atoms with Gasteiger partial charge in [0.2, 0.25) is 5.91 Å². The number of hydrogen-bond donors (Lipinski definition) is 3. The third-order valence-electron chi connectivity index (χ3n) is 5.24. The van der Waals surface area contributed by atoms with E-state index in [1.807, 2.05) is 20.8 Å². The maximum Gasteiger partial charge on any atom is 0.338 e. The number of carbonyl (C=O) groups excluding carboxylic acids is 3. The van der Waals surface area contributed by atoms with Gasteiger partial charge in [-0.15, -0.1) is 0 Å². The third kappa shape index (κ3) is 7.05. The molecule has 3 N–H and O–H groups in total. The molecule has 194 valence electrons. The molecule has 0 saturated heterocycles. The van der Waals surface area contributed by atoms with Crippen molar-refractivity contribution < 1.29 is 23.5 Å². The molecule has 2 amide bonds. The van der Waals surface area contributed by atoms with Crippen LogP contribution in [0, 0.1) is 11.3 Å². The van der Waals surface area contributed by atoms with E-state index in [1.54, 1.807) is 50.2 Å². The molecule has 0 saturated carbocycles. The van der Waals surface area contributed by atoms with E-state index in [2.05, 4.69) is 22.0 Å². The van der Waals surface area contributed by atoms with Crippen molar-refractivity contribution in [2.75, 3.05) is 17.7 Å². The van der Waals surface area contributed by atoms with Gasteiger partial charge in [-0.05, 0) is 71.0 Å². The lowest BCUT2D eigenvalue weighted by Gasteiger charge is -2.28. The Morgan fingerprint density at radius 2 is 1.89 bits per heavy atom. The van der Waals surface area contributed by atoms with Crippen molar-refractivity contribution in [2.24, 2.45) is 0 Å². The summed E-state index contributed by atoms with van der Waals surface area (Å²) >= 11 is 1.19. The first-order valence-corrected chi connectivity index (χ1v) is 12.7. The van der Waals surface area contributed by atoms with Crippen LogP contribution in [0.4, 0.5) is 5.69 Å². The molecule has 0 fully saturated rings. The Kier molecular flexibility index (Phi) is 8.84. The number of thioether (sulfide) groups is 1. The summed E-state index contributed by atoms with van der Waals surface area (Å²) < 4.78 is 10.6. The summed E-state index contributed by atoms with van der Waals surface area (Å²) in [7, 11) is 0. The molecule has 1 aliphatic rings. The zero-order valence-corrected chi connectivity index (χ0v) is 22.2. The van der Waals surface area contributed by atoms with E-state index in [1.165, 1.54) is 18.0 Å². The maximum atomic E-state index is 13.5. The van der Waals surface area contributed by atoms with Crippen molar-refractivity contribution in [3.8, 4) is 6.07 Å². The number of amides is 2. The van der Waals surface area contributed by atoms with E-state index < -0.39 is 17.8 Å². The van der Waals surface area contributed by atoms with Crippen LogP contribution in [0.2, 0.25) is 0 Å². The second kappa shape index (κ2) is 11.8. The van der Waals surface area contributed by atoms with Gasteiger partial charge >= 0.3 is 5.97 Å². The molecule has 37 heavy (non-hydrogen) atoms. The smallest absolute Gasteiger partial charge is 0.338 e. The predicted octanol–water partition coefficient (Wildman–Crippen LogP) is 4.44. The highest BCUT2D eigenvalue weighted by Crippen LogP contribution is 2.41. The number of esters is 1. The number of carbonyl (C=O) groups is 3. The van der Waals surface area contributed by atoms with Crippen molar-refractivity contribution in [3.63, 3.8) is 0 Å². The molecular weight excluding hydrogens is 492 g/mol. The first-order valence-electron chi connectivity index (χ1n) is 11.7. The predicted molar refractivity (Wildman–Crippen MR) is 141 cm³/mol. The summed E-state index contributed by atoms with van der Waals surface area (Å²) in [4.78, 5) is 37.7. The van der Waals surface area contributed by atoms with E-state index in [-0.39, 0.29) is 29.4 Å². The van der Waals surface area contributed by atoms with Gasteiger partial charge in [0, 0.05) is 16.9 Å². The third-order valence-corrected chi connectivity index (χ3v) is 6.25. The Hall–Kier alpha value is -3.97. The van der Waals surface area contributed by atoms with Gasteiger partial charge < -0.3 is 25.1 Å². The van der Waals surface area contributed by atoms with Crippen LogP contribution in [-0.4, -0.2) is 35.7 Å². The van der Waals surface area contributed by atoms with Crippen LogP contribution < -0.4 is 16.0 Å². The summed E-state index contributed by atoms with van der Waals surface area (Å²) in [6, 6.07) is 11.9. The van der Waals surface area contributed by atoms with Gasteiger partial charge in [0.05, 0.1) is 52.3 Å². The number of anilines is 1. The van der Waals surface area contributed by atoms with Gasteiger partial charge in [-0.25, -0.2) is 4.79 Å². The number of allylic oxidation sites excluding steroid dienone is 2. The Labute approximate surface area is 220 Å². The minimum Gasteiger partial charge on any atom is -0.468 e. The Morgan fingerprint density at radius 3 is 2.46 bits per heavy atom. The van der Waals surface area contributed by atoms with E-state index in [4.69, 9.17) is 9.15 Å². The van der Waals surface area contributed by atoms with Crippen molar-refractivity contribution in [3.05, 3.63) is 75.9 Å². The summed E-state index contributed by atoms with van der Waals surface area (Å²) in [6.45, 7) is 9.40. The summed E-state index contributed by atoms with van der Waals surface area (Å²) in [5.74, 6) is -1.30. The molecule has 3 rings (SSSR count). The number of rotatable bonds is 8. The topological polar surface area (TPSA) is 133 Å². The molecule has 1 atom stereocenters. The van der Waals surface area contributed by atoms with Gasteiger partial charge in [-0.2, -0.15) is 5.26 Å². The standard InChI is InChI=1S/C27H30N4O5S/c1-6-35-26(34)17-9-11-18(12-10-17)30-24(33)22-16(2)29-25(37-15-21(32)31-27(3,4)5)19(14-28)23(22)20-8-7-13-36-20/h7-13,23,29H,6,15H2,1-5H3,(H,30,33)(H,31,32)/t23-/m1/s1. The molecule has 2 aromatic rings. The lowest BCUT2D eigenvalue weighted by Crippen LogP contribution is -2.41. The van der Waals surface area contributed by atoms with Crippen LogP contribution >= 0.6 is 11.8 Å². The number of dihydropyridines is 1. The van der Waals surface area contributed by atoms with Gasteiger partial charge in [-0.3, -0.25) is 9.59 Å². The first-order chi connectivity index (χ1) is 17.5. The quantitative estimate of drug-likeness (QED) is 0.433. The average Bonchev–Trinajstić information content (AvgIpc) is 3.36. The van der Waals surface area contributed by atoms with Crippen molar-refractivity contribution in [2.45, 2.75) is 46.1 Å². The molecule has 1 aromatic heterocycles. The van der Waals surface area contributed by atoms with Gasteiger partial charge in [0.15, 0.2) is 0 Å². The summed E-state index contributed by atoms with van der Waals surface area (Å²) in [5.41, 5.74) is 1.57. The normalized spacial score (nSPS) is 15.5. The fraction of sp³-hybridized carbons (Fsp3) is 0.333. The highest BCUT2D eigenvalue weighted by Gasteiger charge is 2.36. The van der Waals surface area contributed by atoms with E-state index in [0.717, 1.165) is 0 Å². The van der Waals surface area contributed by atoms with Crippen LogP contribution in [0.15, 0.2) is 69.0 Å². The minimum absolute atomic E-state index is 0.0945.